The molecule has 0 aliphatic rings. The van der Waals surface area contributed by atoms with Gasteiger partial charge in [0.25, 0.3) is 0 Å². The molecule has 2 atom stereocenters. The lowest BCUT2D eigenvalue weighted by Gasteiger charge is -2.18. The van der Waals surface area contributed by atoms with Gasteiger partial charge >= 0.3 is 17.9 Å². The van der Waals surface area contributed by atoms with Crippen molar-refractivity contribution in [2.45, 2.75) is 323 Å². The van der Waals surface area contributed by atoms with Crippen molar-refractivity contribution in [2.24, 2.45) is 11.8 Å². The molecule has 0 saturated heterocycles. The van der Waals surface area contributed by atoms with E-state index >= 15 is 0 Å². The fourth-order valence-electron chi connectivity index (χ4n) is 8.66. The molecule has 0 heterocycles. The fourth-order valence-corrected chi connectivity index (χ4v) is 8.66. The van der Waals surface area contributed by atoms with Crippen LogP contribution in [0.5, 0.6) is 0 Å². The monoisotopic (exact) mass is 891 g/mol. The van der Waals surface area contributed by atoms with E-state index in [4.69, 9.17) is 14.2 Å². The average Bonchev–Trinajstić information content (AvgIpc) is 3.27. The quantitative estimate of drug-likeness (QED) is 0.0344. The molecule has 0 rings (SSSR count). The van der Waals surface area contributed by atoms with Gasteiger partial charge in [-0.25, -0.2) is 0 Å². The zero-order chi connectivity index (χ0) is 46.1. The molecule has 63 heavy (non-hydrogen) atoms. The van der Waals surface area contributed by atoms with Gasteiger partial charge < -0.3 is 14.2 Å². The normalized spacial score (nSPS) is 12.5. The molecule has 0 aliphatic carbocycles. The highest BCUT2D eigenvalue weighted by Crippen LogP contribution is 2.18. The van der Waals surface area contributed by atoms with Crippen molar-refractivity contribution in [1.29, 1.82) is 0 Å². The summed E-state index contributed by atoms with van der Waals surface area (Å²) < 4.78 is 16.8. The number of carbonyl (C=O) groups is 3. The molecular weight excluding hydrogens is 781 g/mol. The number of esters is 3. The summed E-state index contributed by atoms with van der Waals surface area (Å²) in [5.74, 6) is 0.889. The Bertz CT molecular complexity index is 964. The van der Waals surface area contributed by atoms with Crippen LogP contribution in [-0.4, -0.2) is 37.2 Å². The number of ether oxygens (including phenoxy) is 3. The minimum absolute atomic E-state index is 0.0631. The van der Waals surface area contributed by atoms with Crippen LogP contribution in [0.4, 0.5) is 0 Å². The van der Waals surface area contributed by atoms with Crippen LogP contribution in [0, 0.1) is 11.8 Å². The van der Waals surface area contributed by atoms with Gasteiger partial charge in [-0.2, -0.15) is 0 Å². The lowest BCUT2D eigenvalue weighted by atomic mass is 9.99. The van der Waals surface area contributed by atoms with Gasteiger partial charge in [-0.3, -0.25) is 14.4 Å². The van der Waals surface area contributed by atoms with E-state index < -0.39 is 6.10 Å². The molecule has 1 unspecified atom stereocenters. The van der Waals surface area contributed by atoms with E-state index in [1.54, 1.807) is 0 Å². The Hall–Kier alpha value is -1.59. The zero-order valence-corrected chi connectivity index (χ0v) is 43.2. The van der Waals surface area contributed by atoms with Gasteiger partial charge in [-0.15, -0.1) is 0 Å². The summed E-state index contributed by atoms with van der Waals surface area (Å²) in [4.78, 5) is 38.0. The second-order valence-corrected chi connectivity index (χ2v) is 20.3. The van der Waals surface area contributed by atoms with Crippen LogP contribution in [0.15, 0.2) is 0 Å². The lowest BCUT2D eigenvalue weighted by molar-refractivity contribution is -0.167. The van der Waals surface area contributed by atoms with E-state index in [2.05, 4.69) is 34.6 Å². The van der Waals surface area contributed by atoms with Crippen LogP contribution in [0.2, 0.25) is 0 Å². The molecule has 0 bridgehead atoms. The minimum atomic E-state index is -0.761. The lowest BCUT2D eigenvalue weighted by Crippen LogP contribution is -2.30. The largest absolute Gasteiger partial charge is 0.462 e. The standard InChI is InChI=1S/C57H110O6/c1-6-8-9-10-11-25-32-37-42-47-55(58)61-50-54(63-57(60)49-44-39-34-29-24-20-21-26-30-35-40-45-52(3)4)51-62-56(59)48-43-38-33-28-23-19-17-15-13-12-14-16-18-22-27-31-36-41-46-53(5)7-2/h52-54H,6-51H2,1-5H3/t53?,54-/m0/s1. The second kappa shape index (κ2) is 49.8. The first-order valence-corrected chi connectivity index (χ1v) is 28.3. The van der Waals surface area contributed by atoms with Gasteiger partial charge in [0.1, 0.15) is 13.2 Å². The Labute approximate surface area is 393 Å². The van der Waals surface area contributed by atoms with E-state index in [1.165, 1.54) is 205 Å². The first-order chi connectivity index (χ1) is 30.8. The molecule has 0 amide bonds. The van der Waals surface area contributed by atoms with Gasteiger partial charge in [0.2, 0.25) is 0 Å². The molecule has 6 nitrogen and oxygen atoms in total. The van der Waals surface area contributed by atoms with E-state index in [9.17, 15) is 14.4 Å². The number of hydrogen-bond donors (Lipinski definition) is 0. The average molecular weight is 892 g/mol. The molecule has 0 radical (unpaired) electrons. The summed E-state index contributed by atoms with van der Waals surface area (Å²) in [5, 5.41) is 0. The summed E-state index contributed by atoms with van der Waals surface area (Å²) >= 11 is 0. The summed E-state index contributed by atoms with van der Waals surface area (Å²) in [6.45, 7) is 11.4. The van der Waals surface area contributed by atoms with Crippen molar-refractivity contribution in [3.63, 3.8) is 0 Å². The fraction of sp³-hybridized carbons (Fsp3) is 0.947. The van der Waals surface area contributed by atoms with Crippen molar-refractivity contribution in [3.05, 3.63) is 0 Å². The molecule has 0 aromatic heterocycles. The van der Waals surface area contributed by atoms with Crippen molar-refractivity contribution >= 4 is 17.9 Å². The van der Waals surface area contributed by atoms with E-state index in [0.29, 0.717) is 19.3 Å². The van der Waals surface area contributed by atoms with Crippen LogP contribution >= 0.6 is 0 Å². The highest BCUT2D eigenvalue weighted by Gasteiger charge is 2.19. The van der Waals surface area contributed by atoms with Crippen molar-refractivity contribution in [1.82, 2.24) is 0 Å². The van der Waals surface area contributed by atoms with E-state index in [1.807, 2.05) is 0 Å². The maximum absolute atomic E-state index is 12.8. The Morgan fingerprint density at radius 1 is 0.333 bits per heavy atom. The Morgan fingerprint density at radius 2 is 0.603 bits per heavy atom. The third kappa shape index (κ3) is 49.7. The second-order valence-electron chi connectivity index (χ2n) is 20.3. The summed E-state index contributed by atoms with van der Waals surface area (Å²) in [5.41, 5.74) is 0. The van der Waals surface area contributed by atoms with Gasteiger partial charge in [0.15, 0.2) is 6.10 Å². The van der Waals surface area contributed by atoms with Crippen molar-refractivity contribution in [2.75, 3.05) is 13.2 Å². The number of carbonyl (C=O) groups excluding carboxylic acids is 3. The van der Waals surface area contributed by atoms with Crippen LogP contribution in [0.1, 0.15) is 317 Å². The van der Waals surface area contributed by atoms with Crippen molar-refractivity contribution in [3.8, 4) is 0 Å². The molecule has 0 aromatic carbocycles. The van der Waals surface area contributed by atoms with Crippen LogP contribution in [0.25, 0.3) is 0 Å². The minimum Gasteiger partial charge on any atom is -0.462 e. The molecular formula is C57H110O6. The molecule has 374 valence electrons. The van der Waals surface area contributed by atoms with Gasteiger partial charge in [-0.1, -0.05) is 279 Å². The number of rotatable bonds is 51. The summed E-state index contributed by atoms with van der Waals surface area (Å²) in [6.07, 6.45) is 52.4. The zero-order valence-electron chi connectivity index (χ0n) is 43.2. The van der Waals surface area contributed by atoms with Crippen molar-refractivity contribution < 1.29 is 28.6 Å². The van der Waals surface area contributed by atoms with Gasteiger partial charge in [0, 0.05) is 19.3 Å². The topological polar surface area (TPSA) is 78.9 Å². The highest BCUT2D eigenvalue weighted by molar-refractivity contribution is 5.71. The van der Waals surface area contributed by atoms with E-state index in [-0.39, 0.29) is 31.1 Å². The summed E-state index contributed by atoms with van der Waals surface area (Å²) in [6, 6.07) is 0. The Balaban J connectivity index is 4.17. The maximum atomic E-state index is 12.8. The molecule has 0 aliphatic heterocycles. The molecule has 0 aromatic rings. The number of unbranched alkanes of at least 4 members (excludes halogenated alkanes) is 35. The van der Waals surface area contributed by atoms with Crippen LogP contribution < -0.4 is 0 Å². The first kappa shape index (κ1) is 61.4. The van der Waals surface area contributed by atoms with E-state index in [0.717, 1.165) is 69.6 Å². The van der Waals surface area contributed by atoms with Gasteiger partial charge in [0.05, 0.1) is 0 Å². The third-order valence-corrected chi connectivity index (χ3v) is 13.3. The Kier molecular flexibility index (Phi) is 48.6. The first-order valence-electron chi connectivity index (χ1n) is 28.3. The molecule has 0 fully saturated rings. The molecule has 0 N–H and O–H groups in total. The van der Waals surface area contributed by atoms with Crippen LogP contribution in [0.3, 0.4) is 0 Å². The smallest absolute Gasteiger partial charge is 0.306 e. The number of hydrogen-bond acceptors (Lipinski definition) is 6. The predicted molar refractivity (Wildman–Crippen MR) is 270 cm³/mol. The molecule has 0 saturated carbocycles. The Morgan fingerprint density at radius 3 is 0.905 bits per heavy atom. The van der Waals surface area contributed by atoms with Gasteiger partial charge in [-0.05, 0) is 31.1 Å². The molecule has 6 heteroatoms. The predicted octanol–water partition coefficient (Wildman–Crippen LogP) is 18.5. The third-order valence-electron chi connectivity index (χ3n) is 13.3. The maximum Gasteiger partial charge on any atom is 0.306 e. The highest BCUT2D eigenvalue weighted by atomic mass is 16.6. The SMILES string of the molecule is CCCCCCCCCCCC(=O)OC[C@@H](COC(=O)CCCCCCCCCCCCCCCCCCCCC(C)CC)OC(=O)CCCCCCCCCCCCCC(C)C. The van der Waals surface area contributed by atoms with Crippen LogP contribution in [-0.2, 0) is 28.6 Å². The summed E-state index contributed by atoms with van der Waals surface area (Å²) in [7, 11) is 0. The molecule has 0 spiro atoms.